The number of aromatic amines is 1. The maximum atomic E-state index is 12.9. The molecule has 1 amide bonds. The standard InChI is InChI=1S/C16H24N2O3/c1-10-8-11(2)17-15(10)16(20)18-6-7-21-9-13(18)12-4-3-5-14(12)19/h8,12-14,17,19H,3-7,9H2,1-2H3/t12-,13-,14+/m1/s1. The Morgan fingerprint density at radius 1 is 1.43 bits per heavy atom. The molecular weight excluding hydrogens is 268 g/mol. The van der Waals surface area contributed by atoms with Gasteiger partial charge >= 0.3 is 0 Å². The highest BCUT2D eigenvalue weighted by molar-refractivity contribution is 5.94. The highest BCUT2D eigenvalue weighted by Crippen LogP contribution is 2.33. The average molecular weight is 292 g/mol. The van der Waals surface area contributed by atoms with E-state index < -0.39 is 0 Å². The monoisotopic (exact) mass is 292 g/mol. The fourth-order valence-electron chi connectivity index (χ4n) is 3.74. The number of amides is 1. The zero-order valence-corrected chi connectivity index (χ0v) is 12.8. The first kappa shape index (κ1) is 14.6. The van der Waals surface area contributed by atoms with Crippen LogP contribution in [0, 0.1) is 19.8 Å². The van der Waals surface area contributed by atoms with Crippen molar-refractivity contribution < 1.29 is 14.6 Å². The lowest BCUT2D eigenvalue weighted by Crippen LogP contribution is -2.53. The molecule has 5 nitrogen and oxygen atoms in total. The van der Waals surface area contributed by atoms with Gasteiger partial charge in [0, 0.05) is 18.2 Å². The van der Waals surface area contributed by atoms with Gasteiger partial charge in [-0.3, -0.25) is 4.79 Å². The number of morpholine rings is 1. The molecule has 1 aromatic rings. The van der Waals surface area contributed by atoms with Crippen LogP contribution in [0.5, 0.6) is 0 Å². The van der Waals surface area contributed by atoms with Gasteiger partial charge in [-0.05, 0) is 38.3 Å². The predicted molar refractivity (Wildman–Crippen MR) is 79.3 cm³/mol. The van der Waals surface area contributed by atoms with Crippen molar-refractivity contribution in [2.24, 2.45) is 5.92 Å². The van der Waals surface area contributed by atoms with Crippen molar-refractivity contribution in [2.45, 2.75) is 45.3 Å². The van der Waals surface area contributed by atoms with E-state index in [1.165, 1.54) is 0 Å². The fraction of sp³-hybridized carbons (Fsp3) is 0.688. The van der Waals surface area contributed by atoms with Crippen molar-refractivity contribution in [3.63, 3.8) is 0 Å². The van der Waals surface area contributed by atoms with Crippen molar-refractivity contribution >= 4 is 5.91 Å². The summed E-state index contributed by atoms with van der Waals surface area (Å²) in [7, 11) is 0. The van der Waals surface area contributed by atoms with Gasteiger partial charge in [-0.25, -0.2) is 0 Å². The Balaban J connectivity index is 1.83. The Morgan fingerprint density at radius 2 is 2.24 bits per heavy atom. The molecule has 0 radical (unpaired) electrons. The number of carbonyl (C=O) groups excluding carboxylic acids is 1. The molecule has 116 valence electrons. The molecule has 1 aliphatic carbocycles. The largest absolute Gasteiger partial charge is 0.393 e. The van der Waals surface area contributed by atoms with Crippen molar-refractivity contribution in [3.05, 3.63) is 23.0 Å². The number of aryl methyl sites for hydroxylation is 2. The summed E-state index contributed by atoms with van der Waals surface area (Å²) >= 11 is 0. The molecule has 5 heteroatoms. The first-order chi connectivity index (χ1) is 10.1. The quantitative estimate of drug-likeness (QED) is 0.871. The van der Waals surface area contributed by atoms with E-state index in [1.54, 1.807) is 0 Å². The van der Waals surface area contributed by atoms with Gasteiger partial charge in [-0.1, -0.05) is 6.42 Å². The van der Waals surface area contributed by atoms with Gasteiger partial charge < -0.3 is 19.7 Å². The summed E-state index contributed by atoms with van der Waals surface area (Å²) in [5.41, 5.74) is 2.66. The number of nitrogens with one attached hydrogen (secondary N) is 1. The number of ether oxygens (including phenoxy) is 1. The van der Waals surface area contributed by atoms with E-state index in [9.17, 15) is 9.90 Å². The van der Waals surface area contributed by atoms with Crippen LogP contribution in [0.15, 0.2) is 6.07 Å². The summed E-state index contributed by atoms with van der Waals surface area (Å²) < 4.78 is 5.58. The number of nitrogens with zero attached hydrogens (tertiary/aromatic N) is 1. The lowest BCUT2D eigenvalue weighted by Gasteiger charge is -2.40. The van der Waals surface area contributed by atoms with Crippen LogP contribution >= 0.6 is 0 Å². The maximum absolute atomic E-state index is 12.9. The second kappa shape index (κ2) is 5.81. The van der Waals surface area contributed by atoms with E-state index in [-0.39, 0.29) is 24.0 Å². The molecule has 0 aromatic carbocycles. The van der Waals surface area contributed by atoms with Crippen LogP contribution in [0.25, 0.3) is 0 Å². The van der Waals surface area contributed by atoms with Crippen molar-refractivity contribution in [1.82, 2.24) is 9.88 Å². The number of aliphatic hydroxyl groups excluding tert-OH is 1. The first-order valence-corrected chi connectivity index (χ1v) is 7.81. The van der Waals surface area contributed by atoms with E-state index in [2.05, 4.69) is 4.98 Å². The highest BCUT2D eigenvalue weighted by atomic mass is 16.5. The molecule has 2 heterocycles. The molecule has 2 N–H and O–H groups in total. The van der Waals surface area contributed by atoms with Gasteiger partial charge in [-0.15, -0.1) is 0 Å². The normalized spacial score (nSPS) is 29.9. The zero-order valence-electron chi connectivity index (χ0n) is 12.8. The van der Waals surface area contributed by atoms with Gasteiger partial charge in [-0.2, -0.15) is 0 Å². The molecule has 0 spiro atoms. The van der Waals surface area contributed by atoms with Gasteiger partial charge in [0.1, 0.15) is 5.69 Å². The van der Waals surface area contributed by atoms with Crippen LogP contribution in [0.3, 0.4) is 0 Å². The molecule has 21 heavy (non-hydrogen) atoms. The molecule has 0 unspecified atom stereocenters. The molecule has 1 aliphatic heterocycles. The summed E-state index contributed by atoms with van der Waals surface area (Å²) in [6, 6.07) is 1.99. The smallest absolute Gasteiger partial charge is 0.270 e. The Kier molecular flexibility index (Phi) is 4.04. The molecule has 1 aromatic heterocycles. The minimum absolute atomic E-state index is 0.00763. The van der Waals surface area contributed by atoms with Crippen LogP contribution in [0.1, 0.15) is 41.0 Å². The highest BCUT2D eigenvalue weighted by Gasteiger charge is 2.40. The number of hydrogen-bond acceptors (Lipinski definition) is 3. The Morgan fingerprint density at radius 3 is 2.86 bits per heavy atom. The summed E-state index contributed by atoms with van der Waals surface area (Å²) in [5.74, 6) is 0.179. The average Bonchev–Trinajstić information content (AvgIpc) is 3.03. The second-order valence-electron chi connectivity index (χ2n) is 6.31. The van der Waals surface area contributed by atoms with Gasteiger partial charge in [0.25, 0.3) is 5.91 Å². The lowest BCUT2D eigenvalue weighted by molar-refractivity contribution is -0.0385. The second-order valence-corrected chi connectivity index (χ2v) is 6.31. The predicted octanol–water partition coefficient (Wildman–Crippen LogP) is 1.63. The Labute approximate surface area is 125 Å². The number of rotatable bonds is 2. The molecule has 2 fully saturated rings. The molecule has 2 aliphatic rings. The van der Waals surface area contributed by atoms with Crippen LogP contribution in [0.4, 0.5) is 0 Å². The van der Waals surface area contributed by atoms with Gasteiger partial charge in [0.2, 0.25) is 0 Å². The molecule has 3 rings (SSSR count). The molecule has 1 saturated carbocycles. The van der Waals surface area contributed by atoms with E-state index in [0.717, 1.165) is 30.5 Å². The molecular formula is C16H24N2O3. The molecule has 0 bridgehead atoms. The SMILES string of the molecule is Cc1cc(C)c(C(=O)N2CCOC[C@@H]2[C@H]2CCC[C@@H]2O)[nH]1. The third-order valence-electron chi connectivity index (χ3n) is 4.82. The van der Waals surface area contributed by atoms with Crippen molar-refractivity contribution in [3.8, 4) is 0 Å². The lowest BCUT2D eigenvalue weighted by atomic mass is 9.94. The number of carbonyl (C=O) groups is 1. The summed E-state index contributed by atoms with van der Waals surface area (Å²) in [5, 5.41) is 10.2. The van der Waals surface area contributed by atoms with Gasteiger partial charge in [0.05, 0.1) is 25.4 Å². The number of aromatic nitrogens is 1. The summed E-state index contributed by atoms with van der Waals surface area (Å²) in [4.78, 5) is 17.9. The van der Waals surface area contributed by atoms with Gasteiger partial charge in [0.15, 0.2) is 0 Å². The first-order valence-electron chi connectivity index (χ1n) is 7.81. The van der Waals surface area contributed by atoms with Crippen LogP contribution in [0.2, 0.25) is 0 Å². The Bertz CT molecular complexity index is 526. The van der Waals surface area contributed by atoms with Crippen molar-refractivity contribution in [1.29, 1.82) is 0 Å². The van der Waals surface area contributed by atoms with E-state index >= 15 is 0 Å². The van der Waals surface area contributed by atoms with E-state index in [1.807, 2.05) is 24.8 Å². The van der Waals surface area contributed by atoms with Crippen LogP contribution < -0.4 is 0 Å². The van der Waals surface area contributed by atoms with Crippen LogP contribution in [-0.2, 0) is 4.74 Å². The number of aliphatic hydroxyl groups is 1. The third kappa shape index (κ3) is 2.72. The van der Waals surface area contributed by atoms with E-state index in [4.69, 9.17) is 4.74 Å². The Hall–Kier alpha value is -1.33. The van der Waals surface area contributed by atoms with Crippen LogP contribution in [-0.4, -0.2) is 52.8 Å². The summed E-state index contributed by atoms with van der Waals surface area (Å²) in [6.07, 6.45) is 2.54. The maximum Gasteiger partial charge on any atom is 0.270 e. The third-order valence-corrected chi connectivity index (χ3v) is 4.82. The number of hydrogen-bond donors (Lipinski definition) is 2. The zero-order chi connectivity index (χ0) is 15.0. The number of H-pyrrole nitrogens is 1. The summed E-state index contributed by atoms with van der Waals surface area (Å²) in [6.45, 7) is 5.62. The minimum Gasteiger partial charge on any atom is -0.393 e. The van der Waals surface area contributed by atoms with Crippen molar-refractivity contribution in [2.75, 3.05) is 19.8 Å². The molecule has 3 atom stereocenters. The minimum atomic E-state index is -0.307. The fourth-order valence-corrected chi connectivity index (χ4v) is 3.74. The molecule has 1 saturated heterocycles. The topological polar surface area (TPSA) is 65.6 Å². The van der Waals surface area contributed by atoms with E-state index in [0.29, 0.717) is 25.5 Å².